The van der Waals surface area contributed by atoms with E-state index in [9.17, 15) is 0 Å². The second-order valence-corrected chi connectivity index (χ2v) is 6.03. The first kappa shape index (κ1) is 14.0. The van der Waals surface area contributed by atoms with Crippen LogP contribution in [0.1, 0.15) is 24.3 Å². The third-order valence-corrected chi connectivity index (χ3v) is 3.75. The van der Waals surface area contributed by atoms with Gasteiger partial charge in [0.1, 0.15) is 5.82 Å². The second-order valence-electron chi connectivity index (χ2n) is 5.00. The normalized spacial score (nSPS) is 10.9. The number of nitrogens with one attached hydrogen (secondary N) is 1. The number of hydrogen-bond acceptors (Lipinski definition) is 4. The average molecular weight is 275 g/mol. The summed E-state index contributed by atoms with van der Waals surface area (Å²) in [4.78, 5) is 8.06. The van der Waals surface area contributed by atoms with Crippen LogP contribution in [-0.4, -0.2) is 18.1 Å². The number of pyridine rings is 1. The van der Waals surface area contributed by atoms with E-state index in [1.54, 1.807) is 11.3 Å². The van der Waals surface area contributed by atoms with E-state index in [-0.39, 0.29) is 0 Å². The van der Waals surface area contributed by atoms with E-state index in [2.05, 4.69) is 65.7 Å². The van der Waals surface area contributed by atoms with Crippen molar-refractivity contribution in [2.75, 3.05) is 11.9 Å². The molecule has 4 heteroatoms. The third-order valence-electron chi connectivity index (χ3n) is 2.89. The lowest BCUT2D eigenvalue weighted by atomic mass is 10.2. The lowest BCUT2D eigenvalue weighted by molar-refractivity contribution is 0.588. The Labute approximate surface area is 119 Å². The van der Waals surface area contributed by atoms with Crippen molar-refractivity contribution in [3.63, 3.8) is 0 Å². The molecule has 0 aliphatic rings. The van der Waals surface area contributed by atoms with Gasteiger partial charge in [-0.3, -0.25) is 0 Å². The van der Waals surface area contributed by atoms with Crippen molar-refractivity contribution >= 4 is 17.2 Å². The summed E-state index contributed by atoms with van der Waals surface area (Å²) in [7, 11) is 2.08. The maximum atomic E-state index is 4.53. The van der Waals surface area contributed by atoms with Gasteiger partial charge in [-0.25, -0.2) is 4.98 Å². The van der Waals surface area contributed by atoms with Crippen molar-refractivity contribution in [2.45, 2.75) is 33.0 Å². The molecular formula is C15H21N3S. The molecule has 0 amide bonds. The highest BCUT2D eigenvalue weighted by atomic mass is 32.1. The summed E-state index contributed by atoms with van der Waals surface area (Å²) >= 11 is 1.78. The Morgan fingerprint density at radius 2 is 2.16 bits per heavy atom. The molecule has 0 unspecified atom stereocenters. The maximum Gasteiger partial charge on any atom is 0.128 e. The zero-order chi connectivity index (χ0) is 13.7. The summed E-state index contributed by atoms with van der Waals surface area (Å²) in [5.41, 5.74) is 1.22. The molecule has 19 heavy (non-hydrogen) atoms. The van der Waals surface area contributed by atoms with Gasteiger partial charge in [-0.2, -0.15) is 0 Å². The largest absolute Gasteiger partial charge is 0.355 e. The van der Waals surface area contributed by atoms with Crippen LogP contribution in [0.25, 0.3) is 0 Å². The molecule has 0 bridgehead atoms. The first-order chi connectivity index (χ1) is 9.15. The van der Waals surface area contributed by atoms with Gasteiger partial charge in [-0.15, -0.1) is 11.3 Å². The highest BCUT2D eigenvalue weighted by molar-refractivity contribution is 7.09. The van der Waals surface area contributed by atoms with Crippen molar-refractivity contribution in [1.29, 1.82) is 0 Å². The molecule has 0 fully saturated rings. The topological polar surface area (TPSA) is 28.2 Å². The van der Waals surface area contributed by atoms with Crippen LogP contribution >= 0.6 is 11.3 Å². The summed E-state index contributed by atoms with van der Waals surface area (Å²) in [6.07, 6.45) is 1.95. The third kappa shape index (κ3) is 4.33. The Kier molecular flexibility index (Phi) is 4.93. The Morgan fingerprint density at radius 3 is 2.74 bits per heavy atom. The zero-order valence-corrected chi connectivity index (χ0v) is 12.6. The summed E-state index contributed by atoms with van der Waals surface area (Å²) < 4.78 is 0. The molecule has 1 N–H and O–H groups in total. The molecule has 102 valence electrons. The van der Waals surface area contributed by atoms with Crippen LogP contribution < -0.4 is 10.2 Å². The van der Waals surface area contributed by atoms with Crippen LogP contribution in [0.2, 0.25) is 0 Å². The summed E-state index contributed by atoms with van der Waals surface area (Å²) in [6.45, 7) is 6.08. The minimum absolute atomic E-state index is 0.501. The minimum atomic E-state index is 0.501. The maximum absolute atomic E-state index is 4.53. The molecule has 2 aromatic rings. The SMILES string of the molecule is CC(C)NCc1ccc(N(C)Cc2cccs2)nc1. The van der Waals surface area contributed by atoms with Crippen molar-refractivity contribution in [3.8, 4) is 0 Å². The molecule has 0 aliphatic carbocycles. The van der Waals surface area contributed by atoms with E-state index in [1.807, 2.05) is 6.20 Å². The van der Waals surface area contributed by atoms with Gasteiger partial charge in [0.25, 0.3) is 0 Å². The standard InChI is InChI=1S/C15H21N3S/c1-12(2)16-9-13-6-7-15(17-10-13)18(3)11-14-5-4-8-19-14/h4-8,10,12,16H,9,11H2,1-3H3. The Balaban J connectivity index is 1.93. The Bertz CT molecular complexity index is 477. The first-order valence-electron chi connectivity index (χ1n) is 6.57. The molecule has 2 aromatic heterocycles. The quantitative estimate of drug-likeness (QED) is 0.877. The molecule has 0 radical (unpaired) electrons. The van der Waals surface area contributed by atoms with E-state index in [0.29, 0.717) is 6.04 Å². The molecular weight excluding hydrogens is 254 g/mol. The Hall–Kier alpha value is -1.39. The van der Waals surface area contributed by atoms with Crippen molar-refractivity contribution in [1.82, 2.24) is 10.3 Å². The highest BCUT2D eigenvalue weighted by Gasteiger charge is 2.04. The van der Waals surface area contributed by atoms with Gasteiger partial charge in [0.15, 0.2) is 0 Å². The van der Waals surface area contributed by atoms with Crippen LogP contribution in [-0.2, 0) is 13.1 Å². The molecule has 2 heterocycles. The number of anilines is 1. The molecule has 0 aliphatic heterocycles. The van der Waals surface area contributed by atoms with E-state index < -0.39 is 0 Å². The monoisotopic (exact) mass is 275 g/mol. The Morgan fingerprint density at radius 1 is 1.32 bits per heavy atom. The molecule has 0 spiro atoms. The van der Waals surface area contributed by atoms with E-state index in [4.69, 9.17) is 0 Å². The average Bonchev–Trinajstić information content (AvgIpc) is 2.89. The molecule has 0 aromatic carbocycles. The van der Waals surface area contributed by atoms with E-state index in [1.165, 1.54) is 10.4 Å². The predicted molar refractivity (Wildman–Crippen MR) is 82.6 cm³/mol. The van der Waals surface area contributed by atoms with Crippen LogP contribution in [0.5, 0.6) is 0 Å². The fourth-order valence-corrected chi connectivity index (χ4v) is 2.54. The summed E-state index contributed by atoms with van der Waals surface area (Å²) in [5, 5.41) is 5.50. The smallest absolute Gasteiger partial charge is 0.128 e. The molecule has 0 atom stereocenters. The van der Waals surface area contributed by atoms with Gasteiger partial charge in [-0.1, -0.05) is 26.0 Å². The molecule has 3 nitrogen and oxygen atoms in total. The van der Waals surface area contributed by atoms with Crippen molar-refractivity contribution in [3.05, 3.63) is 46.3 Å². The lowest BCUT2D eigenvalue weighted by Gasteiger charge is -2.17. The number of hydrogen-bond donors (Lipinski definition) is 1. The van der Waals surface area contributed by atoms with Gasteiger partial charge in [0.2, 0.25) is 0 Å². The van der Waals surface area contributed by atoms with Crippen LogP contribution in [0.15, 0.2) is 35.8 Å². The number of thiophene rings is 1. The minimum Gasteiger partial charge on any atom is -0.355 e. The van der Waals surface area contributed by atoms with E-state index in [0.717, 1.165) is 18.9 Å². The molecule has 0 saturated heterocycles. The predicted octanol–water partition coefficient (Wildman–Crippen LogP) is 3.28. The number of aromatic nitrogens is 1. The fraction of sp³-hybridized carbons (Fsp3) is 0.400. The van der Waals surface area contributed by atoms with Gasteiger partial charge in [0.05, 0.1) is 6.54 Å². The van der Waals surface area contributed by atoms with Gasteiger partial charge in [0, 0.05) is 30.7 Å². The zero-order valence-electron chi connectivity index (χ0n) is 11.8. The fourth-order valence-electron chi connectivity index (χ4n) is 1.79. The van der Waals surface area contributed by atoms with E-state index >= 15 is 0 Å². The first-order valence-corrected chi connectivity index (χ1v) is 7.45. The van der Waals surface area contributed by atoms with Gasteiger partial charge in [-0.05, 0) is 23.1 Å². The van der Waals surface area contributed by atoms with Crippen LogP contribution in [0.3, 0.4) is 0 Å². The van der Waals surface area contributed by atoms with Crippen molar-refractivity contribution in [2.24, 2.45) is 0 Å². The van der Waals surface area contributed by atoms with Gasteiger partial charge < -0.3 is 10.2 Å². The number of nitrogens with zero attached hydrogens (tertiary/aromatic N) is 2. The van der Waals surface area contributed by atoms with Crippen molar-refractivity contribution < 1.29 is 0 Å². The van der Waals surface area contributed by atoms with Crippen LogP contribution in [0.4, 0.5) is 5.82 Å². The molecule has 2 rings (SSSR count). The second kappa shape index (κ2) is 6.68. The number of rotatable bonds is 6. The van der Waals surface area contributed by atoms with Crippen LogP contribution in [0, 0.1) is 0 Å². The summed E-state index contributed by atoms with van der Waals surface area (Å²) in [6, 6.07) is 8.97. The highest BCUT2D eigenvalue weighted by Crippen LogP contribution is 2.16. The lowest BCUT2D eigenvalue weighted by Crippen LogP contribution is -2.22. The van der Waals surface area contributed by atoms with Gasteiger partial charge >= 0.3 is 0 Å². The molecule has 0 saturated carbocycles. The summed E-state index contributed by atoms with van der Waals surface area (Å²) in [5.74, 6) is 1.02.